The van der Waals surface area contributed by atoms with Crippen molar-refractivity contribution in [2.45, 2.75) is 18.9 Å². The standard InChI is InChI=1S/C25H21ClN2O3/c26-18-8-6-17(7-9-18)20(21-14-27-22-4-2-1-3-19(21)22)12-25(29)28-13-16-5-10-23-24(11-16)31-15-30-23/h1-11,14,20,27H,12-13,15H2,(H,28,29)/t20-/m0/s1. The van der Waals surface area contributed by atoms with Crippen molar-refractivity contribution in [1.29, 1.82) is 0 Å². The van der Waals surface area contributed by atoms with E-state index in [2.05, 4.69) is 16.4 Å². The first-order valence-electron chi connectivity index (χ1n) is 10.1. The van der Waals surface area contributed by atoms with E-state index in [0.717, 1.165) is 33.3 Å². The van der Waals surface area contributed by atoms with Crippen molar-refractivity contribution >= 4 is 28.4 Å². The lowest BCUT2D eigenvalue weighted by molar-refractivity contribution is -0.121. The van der Waals surface area contributed by atoms with Crippen LogP contribution in [-0.2, 0) is 11.3 Å². The van der Waals surface area contributed by atoms with Gasteiger partial charge in [-0.1, -0.05) is 48.0 Å². The molecule has 0 radical (unpaired) electrons. The Morgan fingerprint density at radius 3 is 2.71 bits per heavy atom. The molecule has 1 aromatic heterocycles. The average Bonchev–Trinajstić information content (AvgIpc) is 3.43. The van der Waals surface area contributed by atoms with Gasteiger partial charge < -0.3 is 19.8 Å². The van der Waals surface area contributed by atoms with Crippen LogP contribution in [0, 0.1) is 0 Å². The van der Waals surface area contributed by atoms with E-state index in [9.17, 15) is 4.79 Å². The largest absolute Gasteiger partial charge is 0.454 e. The number of H-pyrrole nitrogens is 1. The number of amides is 1. The van der Waals surface area contributed by atoms with Gasteiger partial charge >= 0.3 is 0 Å². The van der Waals surface area contributed by atoms with Gasteiger partial charge in [-0.25, -0.2) is 0 Å². The zero-order valence-electron chi connectivity index (χ0n) is 16.7. The molecule has 0 bridgehead atoms. The third-order valence-electron chi connectivity index (χ3n) is 5.59. The van der Waals surface area contributed by atoms with Crippen LogP contribution in [0.4, 0.5) is 0 Å². The van der Waals surface area contributed by atoms with E-state index in [0.29, 0.717) is 23.7 Å². The third-order valence-corrected chi connectivity index (χ3v) is 5.84. The smallest absolute Gasteiger partial charge is 0.231 e. The highest BCUT2D eigenvalue weighted by Gasteiger charge is 2.22. The van der Waals surface area contributed by atoms with Crippen molar-refractivity contribution in [3.05, 3.63) is 94.6 Å². The van der Waals surface area contributed by atoms with E-state index in [1.165, 1.54) is 0 Å². The van der Waals surface area contributed by atoms with Crippen molar-refractivity contribution in [3.8, 4) is 11.5 Å². The van der Waals surface area contributed by atoms with Crippen LogP contribution in [0.2, 0.25) is 5.02 Å². The molecule has 5 nitrogen and oxygen atoms in total. The van der Waals surface area contributed by atoms with Gasteiger partial charge in [0.15, 0.2) is 11.5 Å². The quantitative estimate of drug-likeness (QED) is 0.429. The van der Waals surface area contributed by atoms with Crippen molar-refractivity contribution in [1.82, 2.24) is 10.3 Å². The molecule has 2 heterocycles. The Morgan fingerprint density at radius 2 is 1.84 bits per heavy atom. The maximum atomic E-state index is 12.9. The van der Waals surface area contributed by atoms with E-state index < -0.39 is 0 Å². The first-order valence-corrected chi connectivity index (χ1v) is 10.5. The van der Waals surface area contributed by atoms with Crippen molar-refractivity contribution in [2.24, 2.45) is 0 Å². The lowest BCUT2D eigenvalue weighted by Crippen LogP contribution is -2.25. The van der Waals surface area contributed by atoms with Gasteiger partial charge in [0.05, 0.1) is 0 Å². The first-order chi connectivity index (χ1) is 15.2. The van der Waals surface area contributed by atoms with Gasteiger partial charge in [0.1, 0.15) is 0 Å². The fourth-order valence-corrected chi connectivity index (χ4v) is 4.12. The molecular formula is C25H21ClN2O3. The number of ether oxygens (including phenoxy) is 2. The average molecular weight is 433 g/mol. The lowest BCUT2D eigenvalue weighted by Gasteiger charge is -2.17. The Morgan fingerprint density at radius 1 is 1.03 bits per heavy atom. The number of hydrogen-bond donors (Lipinski definition) is 2. The predicted molar refractivity (Wildman–Crippen MR) is 121 cm³/mol. The predicted octanol–water partition coefficient (Wildman–Crippen LogP) is 5.39. The van der Waals surface area contributed by atoms with Crippen LogP contribution in [0.15, 0.2) is 72.9 Å². The fraction of sp³-hybridized carbons (Fsp3) is 0.160. The molecule has 2 N–H and O–H groups in total. The minimum atomic E-state index is -0.0924. The summed E-state index contributed by atoms with van der Waals surface area (Å²) in [5.74, 6) is 1.33. The summed E-state index contributed by atoms with van der Waals surface area (Å²) < 4.78 is 10.8. The van der Waals surface area contributed by atoms with Crippen molar-refractivity contribution in [3.63, 3.8) is 0 Å². The summed E-state index contributed by atoms with van der Waals surface area (Å²) in [5.41, 5.74) is 4.16. The minimum Gasteiger partial charge on any atom is -0.454 e. The molecule has 0 unspecified atom stereocenters. The molecule has 1 aliphatic rings. The number of halogens is 1. The Labute approximate surface area is 184 Å². The summed E-state index contributed by atoms with van der Waals surface area (Å²) in [6.07, 6.45) is 2.32. The molecule has 0 saturated carbocycles. The zero-order chi connectivity index (χ0) is 21.2. The SMILES string of the molecule is O=C(C[C@@H](c1ccc(Cl)cc1)c1c[nH]c2ccccc12)NCc1ccc2c(c1)OCO2. The van der Waals surface area contributed by atoms with Gasteiger partial charge in [-0.15, -0.1) is 0 Å². The molecule has 6 heteroatoms. The van der Waals surface area contributed by atoms with Crippen molar-refractivity contribution < 1.29 is 14.3 Å². The van der Waals surface area contributed by atoms with Gasteiger partial charge in [-0.2, -0.15) is 0 Å². The van der Waals surface area contributed by atoms with E-state index in [1.54, 1.807) is 0 Å². The molecule has 5 rings (SSSR count). The lowest BCUT2D eigenvalue weighted by atomic mass is 9.88. The first kappa shape index (κ1) is 19.5. The summed E-state index contributed by atoms with van der Waals surface area (Å²) in [5, 5.41) is 4.83. The van der Waals surface area contributed by atoms with Crippen LogP contribution in [0.5, 0.6) is 11.5 Å². The number of rotatable bonds is 6. The second-order valence-corrected chi connectivity index (χ2v) is 8.00. The highest BCUT2D eigenvalue weighted by atomic mass is 35.5. The second-order valence-electron chi connectivity index (χ2n) is 7.56. The van der Waals surface area contributed by atoms with Gasteiger partial charge in [-0.3, -0.25) is 4.79 Å². The molecule has 1 atom stereocenters. The van der Waals surface area contributed by atoms with E-state index in [1.807, 2.05) is 66.9 Å². The molecule has 0 fully saturated rings. The van der Waals surface area contributed by atoms with Crippen LogP contribution < -0.4 is 14.8 Å². The fourth-order valence-electron chi connectivity index (χ4n) is 3.99. The summed E-state index contributed by atoms with van der Waals surface area (Å²) in [4.78, 5) is 16.2. The molecule has 1 amide bonds. The molecular weight excluding hydrogens is 412 g/mol. The minimum absolute atomic E-state index is 0.0251. The maximum absolute atomic E-state index is 12.9. The number of hydrogen-bond acceptors (Lipinski definition) is 3. The molecule has 31 heavy (non-hydrogen) atoms. The number of para-hydroxylation sites is 1. The highest BCUT2D eigenvalue weighted by molar-refractivity contribution is 6.30. The van der Waals surface area contributed by atoms with Crippen LogP contribution in [-0.4, -0.2) is 17.7 Å². The zero-order valence-corrected chi connectivity index (χ0v) is 17.5. The number of nitrogens with one attached hydrogen (secondary N) is 2. The third kappa shape index (κ3) is 4.09. The van der Waals surface area contributed by atoms with Crippen molar-refractivity contribution in [2.75, 3.05) is 6.79 Å². The molecule has 0 saturated heterocycles. The number of fused-ring (bicyclic) bond motifs is 2. The van der Waals surface area contributed by atoms with Crippen LogP contribution in [0.25, 0.3) is 10.9 Å². The second kappa shape index (κ2) is 8.36. The molecule has 4 aromatic rings. The summed E-state index contributed by atoms with van der Waals surface area (Å²) in [7, 11) is 0. The monoisotopic (exact) mass is 432 g/mol. The number of benzene rings is 3. The van der Waals surface area contributed by atoms with Gasteiger partial charge in [0.2, 0.25) is 12.7 Å². The Kier molecular flexibility index (Phi) is 5.26. The topological polar surface area (TPSA) is 63.4 Å². The van der Waals surface area contributed by atoms with E-state index in [4.69, 9.17) is 21.1 Å². The molecule has 1 aliphatic heterocycles. The number of carbonyl (C=O) groups excluding carboxylic acids is 1. The molecule has 0 spiro atoms. The summed E-state index contributed by atoms with van der Waals surface area (Å²) in [6.45, 7) is 0.662. The van der Waals surface area contributed by atoms with Gasteiger partial charge in [0.25, 0.3) is 0 Å². The van der Waals surface area contributed by atoms with Gasteiger partial charge in [0, 0.05) is 41.0 Å². The Hall–Kier alpha value is -3.44. The van der Waals surface area contributed by atoms with Crippen LogP contribution in [0.1, 0.15) is 29.0 Å². The van der Waals surface area contributed by atoms with E-state index in [-0.39, 0.29) is 18.6 Å². The summed E-state index contributed by atoms with van der Waals surface area (Å²) in [6, 6.07) is 21.5. The van der Waals surface area contributed by atoms with Crippen LogP contribution in [0.3, 0.4) is 0 Å². The maximum Gasteiger partial charge on any atom is 0.231 e. The number of aromatic amines is 1. The molecule has 156 valence electrons. The molecule has 3 aromatic carbocycles. The number of carbonyl (C=O) groups is 1. The number of aromatic nitrogens is 1. The van der Waals surface area contributed by atoms with Gasteiger partial charge in [-0.05, 0) is 47.0 Å². The van der Waals surface area contributed by atoms with E-state index >= 15 is 0 Å². The van der Waals surface area contributed by atoms with Crippen LogP contribution >= 0.6 is 11.6 Å². The summed E-state index contributed by atoms with van der Waals surface area (Å²) >= 11 is 6.10. The Bertz CT molecular complexity index is 1230. The normalized spacial score (nSPS) is 13.3. The molecule has 0 aliphatic carbocycles. The Balaban J connectivity index is 1.36. The highest BCUT2D eigenvalue weighted by Crippen LogP contribution is 2.34.